The largest absolute Gasteiger partial charge is 0.263 e. The topological polar surface area (TPSA) is 74.1 Å². The normalized spacial score (nSPS) is 18.4. The highest BCUT2D eigenvalue weighted by Crippen LogP contribution is 2.23. The molecule has 7 heteroatoms. The van der Waals surface area contributed by atoms with Crippen LogP contribution in [0.25, 0.3) is 0 Å². The van der Waals surface area contributed by atoms with Gasteiger partial charge in [0, 0.05) is 25.2 Å². The van der Waals surface area contributed by atoms with E-state index in [9.17, 15) is 12.8 Å². The second-order valence-electron chi connectivity index (χ2n) is 4.10. The number of rotatable bonds is 2. The number of hydrogen-bond donors (Lipinski definition) is 0. The van der Waals surface area contributed by atoms with Gasteiger partial charge < -0.3 is 0 Å². The van der Waals surface area contributed by atoms with Crippen molar-refractivity contribution in [2.75, 3.05) is 13.1 Å². The van der Waals surface area contributed by atoms with E-state index in [0.717, 1.165) is 6.07 Å². The van der Waals surface area contributed by atoms with Crippen LogP contribution in [0, 0.1) is 23.1 Å². The molecule has 1 aliphatic heterocycles. The highest BCUT2D eigenvalue weighted by molar-refractivity contribution is 7.89. The lowest BCUT2D eigenvalue weighted by Crippen LogP contribution is -2.38. The van der Waals surface area contributed by atoms with E-state index in [1.807, 2.05) is 0 Å². The molecule has 0 atom stereocenters. The van der Waals surface area contributed by atoms with Gasteiger partial charge in [0.15, 0.2) is 5.82 Å². The molecule has 1 aliphatic rings. The number of nitriles is 1. The fourth-order valence-corrected chi connectivity index (χ4v) is 3.35. The molecule has 0 bridgehead atoms. The van der Waals surface area contributed by atoms with Gasteiger partial charge in [-0.1, -0.05) is 0 Å². The van der Waals surface area contributed by atoms with Crippen LogP contribution in [0.2, 0.25) is 0 Å². The van der Waals surface area contributed by atoms with Crippen LogP contribution in [-0.4, -0.2) is 30.8 Å². The van der Waals surface area contributed by atoms with Crippen molar-refractivity contribution >= 4 is 10.0 Å². The molecule has 0 saturated carbocycles. The molecule has 5 nitrogen and oxygen atoms in total. The third-order valence-electron chi connectivity index (χ3n) is 2.95. The Morgan fingerprint density at radius 2 is 2.11 bits per heavy atom. The number of piperidine rings is 1. The van der Waals surface area contributed by atoms with Gasteiger partial charge in [-0.25, -0.2) is 17.8 Å². The van der Waals surface area contributed by atoms with E-state index in [1.165, 1.54) is 16.6 Å². The maximum atomic E-state index is 13.5. The number of sulfonamides is 1. The fraction of sp³-hybridized carbons (Fsp3) is 0.455. The molecule has 96 valence electrons. The van der Waals surface area contributed by atoms with Gasteiger partial charge in [0.05, 0.1) is 6.07 Å². The first-order chi connectivity index (χ1) is 8.55. The van der Waals surface area contributed by atoms with Gasteiger partial charge >= 0.3 is 0 Å². The smallest absolute Gasteiger partial charge is 0.241 e. The Bertz CT molecular complexity index is 574. The molecule has 1 aromatic rings. The lowest BCUT2D eigenvalue weighted by molar-refractivity contribution is 0.307. The first kappa shape index (κ1) is 12.9. The molecule has 1 fully saturated rings. The molecular weight excluding hydrogens is 257 g/mol. The molecule has 2 rings (SSSR count). The van der Waals surface area contributed by atoms with Crippen LogP contribution in [0.3, 0.4) is 0 Å². The quantitative estimate of drug-likeness (QED) is 0.807. The van der Waals surface area contributed by atoms with E-state index >= 15 is 0 Å². The first-order valence-corrected chi connectivity index (χ1v) is 7.00. The zero-order chi connectivity index (χ0) is 13.2. The summed E-state index contributed by atoms with van der Waals surface area (Å²) in [5, 5.41) is 8.21. The molecule has 0 aliphatic carbocycles. The first-order valence-electron chi connectivity index (χ1n) is 5.56. The van der Waals surface area contributed by atoms with Crippen LogP contribution in [0.4, 0.5) is 4.39 Å². The van der Waals surface area contributed by atoms with Crippen molar-refractivity contribution in [1.29, 1.82) is 5.26 Å². The second-order valence-corrected chi connectivity index (χ2v) is 5.95. The summed E-state index contributed by atoms with van der Waals surface area (Å²) < 4.78 is 38.9. The number of pyridine rings is 1. The zero-order valence-electron chi connectivity index (χ0n) is 9.58. The van der Waals surface area contributed by atoms with Crippen LogP contribution in [0.1, 0.15) is 12.8 Å². The SMILES string of the molecule is N#CC1CCN(S(=O)(=O)c2ncccc2F)CC1. The Kier molecular flexibility index (Phi) is 3.59. The van der Waals surface area contributed by atoms with Crippen molar-refractivity contribution in [3.8, 4) is 6.07 Å². The monoisotopic (exact) mass is 269 g/mol. The molecule has 0 aromatic carbocycles. The average molecular weight is 269 g/mol. The second kappa shape index (κ2) is 5.00. The number of hydrogen-bond acceptors (Lipinski definition) is 4. The molecule has 0 radical (unpaired) electrons. The lowest BCUT2D eigenvalue weighted by Gasteiger charge is -2.27. The minimum atomic E-state index is -3.89. The molecular formula is C11H12FN3O2S. The van der Waals surface area contributed by atoms with Gasteiger partial charge in [-0.3, -0.25) is 0 Å². The summed E-state index contributed by atoms with van der Waals surface area (Å²) in [7, 11) is -3.89. The Morgan fingerprint density at radius 3 is 2.67 bits per heavy atom. The summed E-state index contributed by atoms with van der Waals surface area (Å²) in [4.78, 5) is 3.59. The molecule has 18 heavy (non-hydrogen) atoms. The Balaban J connectivity index is 2.24. The average Bonchev–Trinajstić information content (AvgIpc) is 2.39. The van der Waals surface area contributed by atoms with E-state index in [1.54, 1.807) is 0 Å². The minimum Gasteiger partial charge on any atom is -0.241 e. The van der Waals surface area contributed by atoms with Crippen molar-refractivity contribution in [3.63, 3.8) is 0 Å². The van der Waals surface area contributed by atoms with E-state index in [4.69, 9.17) is 5.26 Å². The van der Waals surface area contributed by atoms with Crippen molar-refractivity contribution in [2.24, 2.45) is 5.92 Å². The lowest BCUT2D eigenvalue weighted by atomic mass is 10.0. The third kappa shape index (κ3) is 2.35. The summed E-state index contributed by atoms with van der Waals surface area (Å²) in [5.41, 5.74) is 0. The maximum Gasteiger partial charge on any atom is 0.263 e. The molecule has 0 N–H and O–H groups in total. The summed E-state index contributed by atoms with van der Waals surface area (Å²) in [6.45, 7) is 0.465. The standard InChI is InChI=1S/C11H12FN3O2S/c12-10-2-1-5-14-11(10)18(16,17)15-6-3-9(8-13)4-7-15/h1-2,5,9H,3-4,6-7H2. The molecule has 0 spiro atoms. The Hall–Kier alpha value is -1.52. The molecule has 0 amide bonds. The summed E-state index contributed by atoms with van der Waals surface area (Å²) in [6.07, 6.45) is 2.20. The highest BCUT2D eigenvalue weighted by Gasteiger charge is 2.32. The number of halogens is 1. The fourth-order valence-electron chi connectivity index (χ4n) is 1.91. The van der Waals surface area contributed by atoms with Crippen molar-refractivity contribution < 1.29 is 12.8 Å². The Morgan fingerprint density at radius 1 is 1.44 bits per heavy atom. The molecule has 1 aromatic heterocycles. The predicted octanol–water partition coefficient (Wildman–Crippen LogP) is 1.14. The van der Waals surface area contributed by atoms with Gasteiger partial charge in [0.1, 0.15) is 0 Å². The van der Waals surface area contributed by atoms with Crippen LogP contribution in [0.5, 0.6) is 0 Å². The third-order valence-corrected chi connectivity index (χ3v) is 4.78. The predicted molar refractivity (Wildman–Crippen MR) is 61.3 cm³/mol. The molecule has 2 heterocycles. The highest BCUT2D eigenvalue weighted by atomic mass is 32.2. The van der Waals surface area contributed by atoms with Crippen LogP contribution in [0.15, 0.2) is 23.4 Å². The summed E-state index contributed by atoms with van der Waals surface area (Å²) in [5.74, 6) is -0.968. The summed E-state index contributed by atoms with van der Waals surface area (Å²) >= 11 is 0. The molecule has 1 saturated heterocycles. The van der Waals surface area contributed by atoms with Crippen molar-refractivity contribution in [2.45, 2.75) is 17.9 Å². The van der Waals surface area contributed by atoms with E-state index in [-0.39, 0.29) is 19.0 Å². The van der Waals surface area contributed by atoms with Crippen molar-refractivity contribution in [3.05, 3.63) is 24.1 Å². The number of aromatic nitrogens is 1. The van der Waals surface area contributed by atoms with E-state index < -0.39 is 20.9 Å². The Labute approximate surface area is 105 Å². The summed E-state index contributed by atoms with van der Waals surface area (Å²) in [6, 6.07) is 4.53. The van der Waals surface area contributed by atoms with E-state index in [0.29, 0.717) is 12.8 Å². The van der Waals surface area contributed by atoms with Crippen molar-refractivity contribution in [1.82, 2.24) is 9.29 Å². The van der Waals surface area contributed by atoms with E-state index in [2.05, 4.69) is 11.1 Å². The van der Waals surface area contributed by atoms with Gasteiger partial charge in [-0.05, 0) is 25.0 Å². The van der Waals surface area contributed by atoms with Crippen LogP contribution in [-0.2, 0) is 10.0 Å². The van der Waals surface area contributed by atoms with Crippen LogP contribution < -0.4 is 0 Å². The van der Waals surface area contributed by atoms with Gasteiger partial charge in [-0.15, -0.1) is 0 Å². The zero-order valence-corrected chi connectivity index (χ0v) is 10.4. The van der Waals surface area contributed by atoms with Gasteiger partial charge in [0.25, 0.3) is 10.0 Å². The maximum absolute atomic E-state index is 13.5. The van der Waals surface area contributed by atoms with Gasteiger partial charge in [0.2, 0.25) is 5.03 Å². The molecule has 0 unspecified atom stereocenters. The minimum absolute atomic E-state index is 0.120. The van der Waals surface area contributed by atoms with Crippen LogP contribution >= 0.6 is 0 Å². The number of nitrogens with zero attached hydrogens (tertiary/aromatic N) is 3. The van der Waals surface area contributed by atoms with Gasteiger partial charge in [-0.2, -0.15) is 9.57 Å².